The van der Waals surface area contributed by atoms with Crippen molar-refractivity contribution in [3.05, 3.63) is 53.6 Å². The highest BCUT2D eigenvalue weighted by Gasteiger charge is 2.15. The second-order valence-corrected chi connectivity index (χ2v) is 7.03. The zero-order valence-corrected chi connectivity index (χ0v) is 16.5. The second-order valence-electron chi connectivity index (χ2n) is 7.03. The number of nitrogens with zero attached hydrogens (tertiary/aromatic N) is 2. The van der Waals surface area contributed by atoms with Crippen molar-refractivity contribution in [1.82, 2.24) is 4.90 Å². The quantitative estimate of drug-likeness (QED) is 0.849. The van der Waals surface area contributed by atoms with Gasteiger partial charge in [0.05, 0.1) is 0 Å². The number of benzene rings is 2. The Kier molecular flexibility index (Phi) is 6.35. The van der Waals surface area contributed by atoms with Crippen molar-refractivity contribution in [1.29, 1.82) is 0 Å². The standard InChI is InChI=1S/C22H29N3O2/c1-4-24-12-14-25(15-13-24)20-10-8-19(9-11-20)23-21(26)16-27-22-17(2)6-5-7-18(22)3/h5-11H,4,12-16H2,1-3H3,(H,23,26). The van der Waals surface area contributed by atoms with E-state index < -0.39 is 0 Å². The number of hydrogen-bond donors (Lipinski definition) is 1. The Hall–Kier alpha value is -2.53. The molecule has 0 radical (unpaired) electrons. The molecule has 0 saturated carbocycles. The van der Waals surface area contributed by atoms with Crippen LogP contribution in [0.1, 0.15) is 18.1 Å². The van der Waals surface area contributed by atoms with E-state index in [4.69, 9.17) is 4.74 Å². The van der Waals surface area contributed by atoms with Crippen molar-refractivity contribution < 1.29 is 9.53 Å². The van der Waals surface area contributed by atoms with E-state index in [1.54, 1.807) is 0 Å². The van der Waals surface area contributed by atoms with Gasteiger partial charge in [-0.05, 0) is 55.8 Å². The molecule has 1 aliphatic rings. The first-order chi connectivity index (χ1) is 13.1. The Morgan fingerprint density at radius 2 is 1.63 bits per heavy atom. The van der Waals surface area contributed by atoms with Crippen LogP contribution in [0.3, 0.4) is 0 Å². The van der Waals surface area contributed by atoms with Gasteiger partial charge in [-0.3, -0.25) is 4.79 Å². The van der Waals surface area contributed by atoms with Crippen LogP contribution in [-0.2, 0) is 4.79 Å². The SMILES string of the molecule is CCN1CCN(c2ccc(NC(=O)COc3c(C)cccc3C)cc2)CC1. The van der Waals surface area contributed by atoms with Crippen LogP contribution >= 0.6 is 0 Å². The number of aryl methyl sites for hydroxylation is 2. The number of nitrogens with one attached hydrogen (secondary N) is 1. The summed E-state index contributed by atoms with van der Waals surface area (Å²) in [6.07, 6.45) is 0. The number of para-hydroxylation sites is 1. The molecule has 0 atom stereocenters. The van der Waals surface area contributed by atoms with Crippen LogP contribution in [0.2, 0.25) is 0 Å². The van der Waals surface area contributed by atoms with E-state index in [9.17, 15) is 4.79 Å². The fourth-order valence-electron chi connectivity index (χ4n) is 3.44. The number of piperazine rings is 1. The van der Waals surface area contributed by atoms with E-state index in [1.165, 1.54) is 5.69 Å². The van der Waals surface area contributed by atoms with Gasteiger partial charge < -0.3 is 19.9 Å². The minimum absolute atomic E-state index is 0.00637. The van der Waals surface area contributed by atoms with Crippen molar-refractivity contribution in [2.45, 2.75) is 20.8 Å². The number of ether oxygens (including phenoxy) is 1. The van der Waals surface area contributed by atoms with Crippen LogP contribution in [0.25, 0.3) is 0 Å². The summed E-state index contributed by atoms with van der Waals surface area (Å²) < 4.78 is 5.72. The number of anilines is 2. The molecule has 2 aromatic carbocycles. The van der Waals surface area contributed by atoms with Gasteiger partial charge in [0, 0.05) is 37.6 Å². The Morgan fingerprint density at radius 1 is 1.00 bits per heavy atom. The molecule has 5 nitrogen and oxygen atoms in total. The first-order valence-electron chi connectivity index (χ1n) is 9.63. The van der Waals surface area contributed by atoms with Crippen LogP contribution in [0.4, 0.5) is 11.4 Å². The smallest absolute Gasteiger partial charge is 0.262 e. The van der Waals surface area contributed by atoms with E-state index in [-0.39, 0.29) is 12.5 Å². The zero-order chi connectivity index (χ0) is 19.2. The number of carbonyl (C=O) groups is 1. The lowest BCUT2D eigenvalue weighted by Crippen LogP contribution is -2.46. The lowest BCUT2D eigenvalue weighted by molar-refractivity contribution is -0.118. The lowest BCUT2D eigenvalue weighted by atomic mass is 10.1. The minimum Gasteiger partial charge on any atom is -0.483 e. The van der Waals surface area contributed by atoms with Gasteiger partial charge in [0.1, 0.15) is 5.75 Å². The number of amides is 1. The Balaban J connectivity index is 1.51. The third-order valence-electron chi connectivity index (χ3n) is 5.09. The molecule has 0 aromatic heterocycles. The van der Waals surface area contributed by atoms with Gasteiger partial charge in [0.25, 0.3) is 5.91 Å². The first-order valence-corrected chi connectivity index (χ1v) is 9.63. The summed E-state index contributed by atoms with van der Waals surface area (Å²) in [5.41, 5.74) is 4.07. The van der Waals surface area contributed by atoms with Crippen LogP contribution in [0.5, 0.6) is 5.75 Å². The number of rotatable bonds is 6. The average Bonchev–Trinajstić information content (AvgIpc) is 2.68. The van der Waals surface area contributed by atoms with E-state index in [1.807, 2.05) is 44.2 Å². The van der Waals surface area contributed by atoms with Crippen LogP contribution < -0.4 is 15.0 Å². The summed E-state index contributed by atoms with van der Waals surface area (Å²) in [6, 6.07) is 14.0. The van der Waals surface area contributed by atoms with Gasteiger partial charge in [-0.25, -0.2) is 0 Å². The maximum absolute atomic E-state index is 12.2. The molecular formula is C22H29N3O2. The third kappa shape index (κ3) is 5.01. The predicted molar refractivity (Wildman–Crippen MR) is 111 cm³/mol. The Labute approximate surface area is 161 Å². The molecule has 2 aromatic rings. The van der Waals surface area contributed by atoms with E-state index in [0.717, 1.165) is 55.3 Å². The molecule has 5 heteroatoms. The zero-order valence-electron chi connectivity index (χ0n) is 16.5. The van der Waals surface area contributed by atoms with E-state index in [2.05, 4.69) is 34.2 Å². The molecule has 1 amide bonds. The van der Waals surface area contributed by atoms with Crippen molar-refractivity contribution in [3.63, 3.8) is 0 Å². The largest absolute Gasteiger partial charge is 0.483 e. The van der Waals surface area contributed by atoms with Gasteiger partial charge >= 0.3 is 0 Å². The maximum atomic E-state index is 12.2. The summed E-state index contributed by atoms with van der Waals surface area (Å²) in [5.74, 6) is 0.635. The van der Waals surface area contributed by atoms with Crippen LogP contribution in [-0.4, -0.2) is 50.1 Å². The van der Waals surface area contributed by atoms with Crippen LogP contribution in [0, 0.1) is 13.8 Å². The summed E-state index contributed by atoms with van der Waals surface area (Å²) in [5, 5.41) is 2.91. The van der Waals surface area contributed by atoms with Crippen molar-refractivity contribution >= 4 is 17.3 Å². The summed E-state index contributed by atoms with van der Waals surface area (Å²) in [7, 11) is 0. The molecule has 0 aliphatic carbocycles. The Bertz CT molecular complexity index is 745. The minimum atomic E-state index is -0.151. The Morgan fingerprint density at radius 3 is 2.22 bits per heavy atom. The van der Waals surface area contributed by atoms with Gasteiger partial charge in [0.15, 0.2) is 6.61 Å². The molecule has 1 fully saturated rings. The molecule has 1 saturated heterocycles. The molecule has 0 unspecified atom stereocenters. The van der Waals surface area contributed by atoms with E-state index >= 15 is 0 Å². The summed E-state index contributed by atoms with van der Waals surface area (Å²) in [4.78, 5) is 17.1. The lowest BCUT2D eigenvalue weighted by Gasteiger charge is -2.35. The molecule has 144 valence electrons. The molecule has 27 heavy (non-hydrogen) atoms. The van der Waals surface area contributed by atoms with Gasteiger partial charge in [-0.1, -0.05) is 25.1 Å². The topological polar surface area (TPSA) is 44.8 Å². The van der Waals surface area contributed by atoms with Gasteiger partial charge in [0.2, 0.25) is 0 Å². The summed E-state index contributed by atoms with van der Waals surface area (Å²) >= 11 is 0. The van der Waals surface area contributed by atoms with Crippen molar-refractivity contribution in [2.75, 3.05) is 49.5 Å². The third-order valence-corrected chi connectivity index (χ3v) is 5.09. The van der Waals surface area contributed by atoms with Gasteiger partial charge in [-0.15, -0.1) is 0 Å². The molecule has 1 N–H and O–H groups in total. The second kappa shape index (κ2) is 8.91. The average molecular weight is 367 g/mol. The highest BCUT2D eigenvalue weighted by Crippen LogP contribution is 2.23. The number of carbonyl (C=O) groups excluding carboxylic acids is 1. The van der Waals surface area contributed by atoms with Crippen molar-refractivity contribution in [2.24, 2.45) is 0 Å². The molecule has 0 bridgehead atoms. The van der Waals surface area contributed by atoms with Crippen molar-refractivity contribution in [3.8, 4) is 5.75 Å². The highest BCUT2D eigenvalue weighted by atomic mass is 16.5. The monoisotopic (exact) mass is 367 g/mol. The fourth-order valence-corrected chi connectivity index (χ4v) is 3.44. The maximum Gasteiger partial charge on any atom is 0.262 e. The van der Waals surface area contributed by atoms with Crippen LogP contribution in [0.15, 0.2) is 42.5 Å². The molecule has 3 rings (SSSR count). The molecule has 1 aliphatic heterocycles. The van der Waals surface area contributed by atoms with E-state index in [0.29, 0.717) is 0 Å². The molecule has 0 spiro atoms. The molecular weight excluding hydrogens is 338 g/mol. The van der Waals surface area contributed by atoms with Gasteiger partial charge in [-0.2, -0.15) is 0 Å². The predicted octanol–water partition coefficient (Wildman–Crippen LogP) is 3.46. The fraction of sp³-hybridized carbons (Fsp3) is 0.409. The normalized spacial score (nSPS) is 14.9. The molecule has 1 heterocycles. The highest BCUT2D eigenvalue weighted by molar-refractivity contribution is 5.92. The summed E-state index contributed by atoms with van der Waals surface area (Å²) in [6.45, 7) is 11.6. The number of likely N-dealkylation sites (N-methyl/N-ethyl adjacent to an activating group) is 1. The first kappa shape index (κ1) is 19.2. The number of hydrogen-bond acceptors (Lipinski definition) is 4.